The fourth-order valence-corrected chi connectivity index (χ4v) is 9.08. The number of phenols is 1. The molecule has 1 N–H and O–H groups in total. The van der Waals surface area contributed by atoms with E-state index in [-0.39, 0.29) is 11.7 Å². The van der Waals surface area contributed by atoms with Crippen LogP contribution in [0.15, 0.2) is 36.4 Å². The van der Waals surface area contributed by atoms with Crippen molar-refractivity contribution in [3.05, 3.63) is 42.0 Å². The molecule has 0 saturated heterocycles. The van der Waals surface area contributed by atoms with Gasteiger partial charge >= 0.3 is 5.97 Å². The quantitative estimate of drug-likeness (QED) is 0.689. The number of aromatic hydroxyl groups is 1. The van der Waals surface area contributed by atoms with Crippen LogP contribution >= 0.6 is 0 Å². The molecule has 0 bridgehead atoms. The number of fused-ring (bicyclic) bond motifs is 1. The molecule has 0 heterocycles. The zero-order valence-corrected chi connectivity index (χ0v) is 16.5. The summed E-state index contributed by atoms with van der Waals surface area (Å²) in [6.45, 7) is 13.0. The molecule has 0 amide bonds. The second kappa shape index (κ2) is 6.97. The van der Waals surface area contributed by atoms with E-state index >= 15 is 0 Å². The van der Waals surface area contributed by atoms with Gasteiger partial charge in [-0.25, -0.2) is 4.79 Å². The maximum Gasteiger partial charge on any atom is 0.324 e. The Bertz CT molecular complexity index is 713. The molecule has 0 radical (unpaired) electrons. The van der Waals surface area contributed by atoms with Crippen LogP contribution in [-0.4, -0.2) is 19.4 Å². The van der Waals surface area contributed by atoms with Crippen molar-refractivity contribution >= 4 is 25.1 Å². The van der Waals surface area contributed by atoms with Crippen LogP contribution in [0.25, 0.3) is 10.8 Å². The molecule has 2 aromatic carbocycles. The average Bonchev–Trinajstić information content (AvgIpc) is 2.50. The van der Waals surface area contributed by atoms with Gasteiger partial charge in [0.2, 0.25) is 0 Å². The highest BCUT2D eigenvalue weighted by molar-refractivity contribution is 6.79. The summed E-state index contributed by atoms with van der Waals surface area (Å²) < 4.78 is 6.23. The Morgan fingerprint density at radius 1 is 0.875 bits per heavy atom. The van der Waals surface area contributed by atoms with Crippen LogP contribution < -0.4 is 0 Å². The minimum atomic E-state index is -2.24. The van der Waals surface area contributed by atoms with Crippen LogP contribution in [0.2, 0.25) is 16.6 Å². The van der Waals surface area contributed by atoms with Gasteiger partial charge in [0, 0.05) is 0 Å². The monoisotopic (exact) mass is 344 g/mol. The molecule has 2 aromatic rings. The summed E-state index contributed by atoms with van der Waals surface area (Å²) in [5.41, 5.74) is 1.66. The topological polar surface area (TPSA) is 46.5 Å². The third-order valence-corrected chi connectivity index (χ3v) is 11.0. The summed E-state index contributed by atoms with van der Waals surface area (Å²) in [5.74, 6) is -0.00332. The predicted molar refractivity (Wildman–Crippen MR) is 102 cm³/mol. The number of hydrogen-bond donors (Lipinski definition) is 1. The second-order valence-corrected chi connectivity index (χ2v) is 12.8. The lowest BCUT2D eigenvalue weighted by Gasteiger charge is -2.41. The van der Waals surface area contributed by atoms with Gasteiger partial charge in [0.1, 0.15) is 5.75 Å². The highest BCUT2D eigenvalue weighted by Crippen LogP contribution is 2.42. The van der Waals surface area contributed by atoms with Gasteiger partial charge in [-0.2, -0.15) is 0 Å². The average molecular weight is 345 g/mol. The van der Waals surface area contributed by atoms with E-state index in [0.29, 0.717) is 22.2 Å². The number of benzene rings is 2. The fourth-order valence-electron chi connectivity index (χ4n) is 3.93. The van der Waals surface area contributed by atoms with E-state index < -0.39 is 8.32 Å². The van der Waals surface area contributed by atoms with Crippen molar-refractivity contribution in [2.45, 2.75) is 58.2 Å². The molecule has 4 heteroatoms. The molecule has 0 aromatic heterocycles. The molecule has 0 atom stereocenters. The molecule has 2 rings (SSSR count). The van der Waals surface area contributed by atoms with Crippen molar-refractivity contribution in [3.63, 3.8) is 0 Å². The Morgan fingerprint density at radius 3 is 1.92 bits per heavy atom. The molecular weight excluding hydrogens is 316 g/mol. The Labute approximate surface area is 145 Å². The van der Waals surface area contributed by atoms with Gasteiger partial charge in [-0.1, -0.05) is 53.7 Å². The smallest absolute Gasteiger partial charge is 0.324 e. The first kappa shape index (κ1) is 18.5. The van der Waals surface area contributed by atoms with Crippen molar-refractivity contribution in [1.29, 1.82) is 0 Å². The highest BCUT2D eigenvalue weighted by Gasteiger charge is 2.48. The zero-order chi connectivity index (χ0) is 18.1. The van der Waals surface area contributed by atoms with Gasteiger partial charge in [-0.3, -0.25) is 0 Å². The van der Waals surface area contributed by atoms with E-state index in [2.05, 4.69) is 41.5 Å². The minimum Gasteiger partial charge on any atom is -0.515 e. The summed E-state index contributed by atoms with van der Waals surface area (Å²) in [6.07, 6.45) is 0. The number of carbonyl (C=O) groups is 1. The summed E-state index contributed by atoms with van der Waals surface area (Å²) in [5, 5.41) is 11.4. The second-order valence-electron chi connectivity index (χ2n) is 7.45. The third-order valence-electron chi connectivity index (χ3n) is 5.04. The molecule has 3 nitrogen and oxygen atoms in total. The first-order chi connectivity index (χ1) is 11.2. The van der Waals surface area contributed by atoms with Crippen molar-refractivity contribution in [2.75, 3.05) is 0 Å². The van der Waals surface area contributed by atoms with E-state index in [1.807, 2.05) is 18.2 Å². The van der Waals surface area contributed by atoms with Crippen LogP contribution in [0.4, 0.5) is 0 Å². The van der Waals surface area contributed by atoms with Crippen molar-refractivity contribution in [1.82, 2.24) is 0 Å². The van der Waals surface area contributed by atoms with Crippen LogP contribution in [0.3, 0.4) is 0 Å². The summed E-state index contributed by atoms with van der Waals surface area (Å²) in [6, 6.07) is 10.6. The number of phenolic OH excluding ortho intramolecular Hbond substituents is 1. The number of carbonyl (C=O) groups excluding carboxylic acids is 1. The number of hydrogen-bond acceptors (Lipinski definition) is 3. The molecule has 0 spiro atoms. The van der Waals surface area contributed by atoms with Crippen molar-refractivity contribution < 1.29 is 14.3 Å². The Morgan fingerprint density at radius 2 is 1.38 bits per heavy atom. The summed E-state index contributed by atoms with van der Waals surface area (Å²) in [7, 11) is -2.24. The molecule has 0 unspecified atom stereocenters. The molecule has 0 aliphatic carbocycles. The maximum absolute atomic E-state index is 12.8. The van der Waals surface area contributed by atoms with Gasteiger partial charge in [0.15, 0.2) is 0 Å². The molecule has 0 saturated carbocycles. The fraction of sp³-hybridized carbons (Fsp3) is 0.450. The molecule has 0 fully saturated rings. The number of rotatable bonds is 5. The van der Waals surface area contributed by atoms with Crippen LogP contribution in [0.1, 0.15) is 51.9 Å². The Kier molecular flexibility index (Phi) is 5.38. The van der Waals surface area contributed by atoms with E-state index in [1.165, 1.54) is 0 Å². The van der Waals surface area contributed by atoms with E-state index in [4.69, 9.17) is 4.43 Å². The SMILES string of the molecule is CC(C)[Si](OC(=O)c1ccc2cc(O)ccc2c1)(C(C)C)C(C)C. The molecule has 0 aliphatic heterocycles. The summed E-state index contributed by atoms with van der Waals surface area (Å²) >= 11 is 0. The van der Waals surface area contributed by atoms with E-state index in [0.717, 1.165) is 10.8 Å². The van der Waals surface area contributed by atoms with Crippen LogP contribution in [0.5, 0.6) is 5.75 Å². The molecule has 24 heavy (non-hydrogen) atoms. The zero-order valence-electron chi connectivity index (χ0n) is 15.5. The lowest BCUT2D eigenvalue weighted by molar-refractivity contribution is 0.0705. The maximum atomic E-state index is 12.8. The van der Waals surface area contributed by atoms with Gasteiger partial charge < -0.3 is 9.53 Å². The normalized spacial score (nSPS) is 12.4. The first-order valence-electron chi connectivity index (χ1n) is 8.64. The Balaban J connectivity index is 2.38. The Hall–Kier alpha value is -1.81. The standard InChI is InChI=1S/C20H28O3Si/c1-13(2)24(14(3)4,15(5)6)23-20(22)18-8-7-17-12-19(21)10-9-16(17)11-18/h7-15,21H,1-6H3. The van der Waals surface area contributed by atoms with Crippen LogP contribution in [-0.2, 0) is 4.43 Å². The molecule has 0 aliphatic rings. The van der Waals surface area contributed by atoms with Gasteiger partial charge in [-0.05, 0) is 51.7 Å². The van der Waals surface area contributed by atoms with Gasteiger partial charge in [0.25, 0.3) is 8.32 Å². The molecular formula is C20H28O3Si. The molecule has 130 valence electrons. The van der Waals surface area contributed by atoms with Gasteiger partial charge in [0.05, 0.1) is 5.56 Å². The highest BCUT2D eigenvalue weighted by atomic mass is 28.4. The largest absolute Gasteiger partial charge is 0.515 e. The van der Waals surface area contributed by atoms with Gasteiger partial charge in [-0.15, -0.1) is 0 Å². The van der Waals surface area contributed by atoms with E-state index in [9.17, 15) is 9.90 Å². The summed E-state index contributed by atoms with van der Waals surface area (Å²) in [4.78, 5) is 12.8. The minimum absolute atomic E-state index is 0.226. The lowest BCUT2D eigenvalue weighted by Crippen LogP contribution is -2.49. The van der Waals surface area contributed by atoms with Crippen molar-refractivity contribution in [2.24, 2.45) is 0 Å². The first-order valence-corrected chi connectivity index (χ1v) is 10.8. The third kappa shape index (κ3) is 3.34. The van der Waals surface area contributed by atoms with Crippen molar-refractivity contribution in [3.8, 4) is 5.75 Å². The van der Waals surface area contributed by atoms with E-state index in [1.54, 1.807) is 18.2 Å². The van der Waals surface area contributed by atoms with Crippen LogP contribution in [0, 0.1) is 0 Å². The lowest BCUT2D eigenvalue weighted by atomic mass is 10.1. The predicted octanol–water partition coefficient (Wildman–Crippen LogP) is 5.88.